The van der Waals surface area contributed by atoms with Crippen LogP contribution in [0.15, 0.2) is 41.4 Å². The van der Waals surface area contributed by atoms with Crippen molar-refractivity contribution in [2.45, 2.75) is 32.6 Å². The van der Waals surface area contributed by atoms with E-state index in [0.29, 0.717) is 36.2 Å². The zero-order chi connectivity index (χ0) is 21.6. The number of carbonyl (C=O) groups excluding carboxylic acids is 1. The van der Waals surface area contributed by atoms with Crippen LogP contribution in [0.1, 0.15) is 26.3 Å². The highest BCUT2D eigenvalue weighted by Gasteiger charge is 2.22. The zero-order valence-corrected chi connectivity index (χ0v) is 18.7. The van der Waals surface area contributed by atoms with E-state index in [-0.39, 0.29) is 17.3 Å². The summed E-state index contributed by atoms with van der Waals surface area (Å²) >= 11 is 6.00. The highest BCUT2D eigenvalue weighted by atomic mass is 35.5. The first-order valence-electron chi connectivity index (χ1n) is 9.50. The van der Waals surface area contributed by atoms with Gasteiger partial charge in [-0.15, -0.1) is 0 Å². The van der Waals surface area contributed by atoms with Crippen molar-refractivity contribution < 1.29 is 13.2 Å². The fourth-order valence-electron chi connectivity index (χ4n) is 2.87. The smallest absolute Gasteiger partial charge is 0.244 e. The third kappa shape index (κ3) is 5.68. The predicted octanol–water partition coefficient (Wildman–Crippen LogP) is 3.54. The molecule has 7 nitrogen and oxygen atoms in total. The summed E-state index contributed by atoms with van der Waals surface area (Å²) in [7, 11) is -3.56. The van der Waals surface area contributed by atoms with E-state index in [9.17, 15) is 13.2 Å². The van der Waals surface area contributed by atoms with Gasteiger partial charge >= 0.3 is 0 Å². The SMILES string of the molecule is CCN(CC(=O)Nc1cc(Cl)ccc1C)c1ccc(S(=O)(=O)N(CC)CC)cn1. The highest BCUT2D eigenvalue weighted by molar-refractivity contribution is 7.89. The first kappa shape index (κ1) is 23.1. The number of hydrogen-bond acceptors (Lipinski definition) is 5. The number of aromatic nitrogens is 1. The molecule has 9 heteroatoms. The van der Waals surface area contributed by atoms with Crippen LogP contribution in [0.2, 0.25) is 5.02 Å². The molecule has 1 heterocycles. The number of carbonyl (C=O) groups is 1. The Labute approximate surface area is 177 Å². The third-order valence-corrected chi connectivity index (χ3v) is 6.85. The molecule has 0 saturated carbocycles. The van der Waals surface area contributed by atoms with E-state index >= 15 is 0 Å². The van der Waals surface area contributed by atoms with Gasteiger partial charge in [0.05, 0.1) is 6.54 Å². The number of amides is 1. The second kappa shape index (κ2) is 10.0. The minimum absolute atomic E-state index is 0.0809. The van der Waals surface area contributed by atoms with Crippen LogP contribution in [0.25, 0.3) is 0 Å². The topological polar surface area (TPSA) is 82.6 Å². The molecule has 0 atom stereocenters. The first-order chi connectivity index (χ1) is 13.7. The molecule has 2 aromatic rings. The summed E-state index contributed by atoms with van der Waals surface area (Å²) < 4.78 is 26.5. The van der Waals surface area contributed by atoms with Gasteiger partial charge in [-0.1, -0.05) is 31.5 Å². The van der Waals surface area contributed by atoms with E-state index < -0.39 is 10.0 Å². The molecule has 1 aromatic carbocycles. The van der Waals surface area contributed by atoms with Crippen LogP contribution >= 0.6 is 11.6 Å². The molecule has 0 bridgehead atoms. The molecule has 1 amide bonds. The number of benzene rings is 1. The number of likely N-dealkylation sites (N-methyl/N-ethyl adjacent to an activating group) is 1. The second-order valence-electron chi connectivity index (χ2n) is 6.46. The molecule has 0 spiro atoms. The summed E-state index contributed by atoms with van der Waals surface area (Å²) in [5.41, 5.74) is 1.57. The van der Waals surface area contributed by atoms with Crippen LogP contribution < -0.4 is 10.2 Å². The average Bonchev–Trinajstić information content (AvgIpc) is 2.69. The van der Waals surface area contributed by atoms with Crippen molar-refractivity contribution in [2.75, 3.05) is 36.4 Å². The van der Waals surface area contributed by atoms with Gasteiger partial charge in [0.2, 0.25) is 15.9 Å². The molecule has 1 aromatic heterocycles. The molecule has 0 aliphatic carbocycles. The maximum atomic E-state index is 12.6. The van der Waals surface area contributed by atoms with E-state index in [4.69, 9.17) is 11.6 Å². The summed E-state index contributed by atoms with van der Waals surface area (Å²) in [5.74, 6) is 0.322. The van der Waals surface area contributed by atoms with Crippen molar-refractivity contribution in [1.82, 2.24) is 9.29 Å². The largest absolute Gasteiger partial charge is 0.348 e. The normalized spacial score (nSPS) is 11.5. The van der Waals surface area contributed by atoms with Gasteiger partial charge in [0.25, 0.3) is 0 Å². The van der Waals surface area contributed by atoms with Gasteiger partial charge in [0, 0.05) is 36.5 Å². The fraction of sp³-hybridized carbons (Fsp3) is 0.400. The van der Waals surface area contributed by atoms with E-state index in [2.05, 4.69) is 10.3 Å². The van der Waals surface area contributed by atoms with Gasteiger partial charge in [0.1, 0.15) is 10.7 Å². The van der Waals surface area contributed by atoms with Gasteiger partial charge in [-0.05, 0) is 43.7 Å². The molecule has 0 saturated heterocycles. The minimum atomic E-state index is -3.56. The van der Waals surface area contributed by atoms with E-state index in [1.807, 2.05) is 19.9 Å². The first-order valence-corrected chi connectivity index (χ1v) is 11.3. The quantitative estimate of drug-likeness (QED) is 0.647. The lowest BCUT2D eigenvalue weighted by Gasteiger charge is -2.22. The van der Waals surface area contributed by atoms with Crippen LogP contribution in [0, 0.1) is 6.92 Å². The van der Waals surface area contributed by atoms with E-state index in [1.165, 1.54) is 16.6 Å². The van der Waals surface area contributed by atoms with Crippen molar-refractivity contribution in [3.05, 3.63) is 47.1 Å². The number of nitrogens with one attached hydrogen (secondary N) is 1. The van der Waals surface area contributed by atoms with Crippen molar-refractivity contribution in [2.24, 2.45) is 0 Å². The lowest BCUT2D eigenvalue weighted by Crippen LogP contribution is -2.34. The number of sulfonamides is 1. The molecule has 1 N–H and O–H groups in total. The Morgan fingerprint density at radius 2 is 1.79 bits per heavy atom. The number of aryl methyl sites for hydroxylation is 1. The van der Waals surface area contributed by atoms with Crippen LogP contribution in [0.3, 0.4) is 0 Å². The van der Waals surface area contributed by atoms with E-state index in [1.54, 1.807) is 36.9 Å². The summed E-state index contributed by atoms with van der Waals surface area (Å²) in [6.07, 6.45) is 1.34. The Morgan fingerprint density at radius 3 is 2.34 bits per heavy atom. The van der Waals surface area contributed by atoms with Crippen LogP contribution in [0.5, 0.6) is 0 Å². The lowest BCUT2D eigenvalue weighted by atomic mass is 10.2. The standard InChI is InChI=1S/C20H27ClN4O3S/c1-5-24(14-20(26)23-18-12-16(21)9-8-15(18)4)19-11-10-17(13-22-19)29(27,28)25(6-2)7-3/h8-13H,5-7,14H2,1-4H3,(H,23,26). The molecular formula is C20H27ClN4O3S. The Balaban J connectivity index is 2.13. The zero-order valence-electron chi connectivity index (χ0n) is 17.1. The Hall–Kier alpha value is -2.16. The number of rotatable bonds is 9. The molecule has 0 unspecified atom stereocenters. The number of pyridine rings is 1. The molecule has 0 radical (unpaired) electrons. The fourth-order valence-corrected chi connectivity index (χ4v) is 4.45. The molecule has 158 valence electrons. The minimum Gasteiger partial charge on any atom is -0.348 e. The maximum absolute atomic E-state index is 12.6. The van der Waals surface area contributed by atoms with E-state index in [0.717, 1.165) is 5.56 Å². The summed E-state index contributed by atoms with van der Waals surface area (Å²) in [6.45, 7) is 8.79. The second-order valence-corrected chi connectivity index (χ2v) is 8.84. The van der Waals surface area contributed by atoms with Gasteiger partial charge in [0.15, 0.2) is 0 Å². The van der Waals surface area contributed by atoms with Crippen molar-refractivity contribution in [1.29, 1.82) is 0 Å². The highest BCUT2D eigenvalue weighted by Crippen LogP contribution is 2.21. The summed E-state index contributed by atoms with van der Waals surface area (Å²) in [4.78, 5) is 18.7. The predicted molar refractivity (Wildman–Crippen MR) is 117 cm³/mol. The monoisotopic (exact) mass is 438 g/mol. The Kier molecular flexibility index (Phi) is 8.01. The average molecular weight is 439 g/mol. The molecule has 2 rings (SSSR count). The lowest BCUT2D eigenvalue weighted by molar-refractivity contribution is -0.115. The number of hydrogen-bond donors (Lipinski definition) is 1. The molecular weight excluding hydrogens is 412 g/mol. The van der Waals surface area contributed by atoms with Crippen molar-refractivity contribution >= 4 is 39.0 Å². The maximum Gasteiger partial charge on any atom is 0.244 e. The molecule has 29 heavy (non-hydrogen) atoms. The van der Waals surface area contributed by atoms with Crippen molar-refractivity contribution in [3.63, 3.8) is 0 Å². The number of anilines is 2. The summed E-state index contributed by atoms with van der Waals surface area (Å²) in [6, 6.07) is 8.46. The summed E-state index contributed by atoms with van der Waals surface area (Å²) in [5, 5.41) is 3.40. The van der Waals surface area contributed by atoms with Gasteiger partial charge in [-0.25, -0.2) is 13.4 Å². The van der Waals surface area contributed by atoms with Gasteiger partial charge in [-0.2, -0.15) is 4.31 Å². The van der Waals surface area contributed by atoms with Gasteiger partial charge < -0.3 is 10.2 Å². The number of halogens is 1. The Bertz CT molecular complexity index is 945. The molecule has 0 fully saturated rings. The van der Waals surface area contributed by atoms with Crippen molar-refractivity contribution in [3.8, 4) is 0 Å². The van der Waals surface area contributed by atoms with Gasteiger partial charge in [-0.3, -0.25) is 4.79 Å². The third-order valence-electron chi connectivity index (χ3n) is 4.58. The Morgan fingerprint density at radius 1 is 1.10 bits per heavy atom. The van der Waals surface area contributed by atoms with Crippen LogP contribution in [0.4, 0.5) is 11.5 Å². The molecule has 0 aliphatic rings. The van der Waals surface area contributed by atoms with Crippen LogP contribution in [-0.4, -0.2) is 49.8 Å². The molecule has 0 aliphatic heterocycles. The van der Waals surface area contributed by atoms with Crippen LogP contribution in [-0.2, 0) is 14.8 Å². The number of nitrogens with zero attached hydrogens (tertiary/aromatic N) is 3.